The summed E-state index contributed by atoms with van der Waals surface area (Å²) in [4.78, 5) is 0. The Hall–Kier alpha value is -0.423. The van der Waals surface area contributed by atoms with E-state index in [1.807, 2.05) is 11.6 Å². The van der Waals surface area contributed by atoms with Gasteiger partial charge in [0.15, 0.2) is 0 Å². The van der Waals surface area contributed by atoms with E-state index < -0.39 is 0 Å². The zero-order chi connectivity index (χ0) is 4.99. The monoisotopic (exact) mass is 99.1 g/mol. The molecule has 0 aliphatic heterocycles. The quantitative estimate of drug-likeness (QED) is 0.246. The Morgan fingerprint density at radius 1 is 1.83 bits per heavy atom. The molecule has 0 spiro atoms. The predicted molar refractivity (Wildman–Crippen MR) is 31.0 cm³/mol. The molecule has 0 aliphatic carbocycles. The van der Waals surface area contributed by atoms with Gasteiger partial charge in [-0.3, -0.25) is 0 Å². The normalized spacial score (nSPS) is 8.83. The minimum atomic E-state index is -0.0644. The van der Waals surface area contributed by atoms with Gasteiger partial charge in [-0.15, -0.1) is 0 Å². The third-order valence-corrected chi connectivity index (χ3v) is 1.83. The fourth-order valence-corrected chi connectivity index (χ4v) is 0.274. The van der Waals surface area contributed by atoms with Crippen LogP contribution < -0.4 is 0 Å². The minimum Gasteiger partial charge on any atom is -0.368 e. The van der Waals surface area contributed by atoms with Crippen LogP contribution in [0.3, 0.4) is 0 Å². The summed E-state index contributed by atoms with van der Waals surface area (Å²) in [5.41, 5.74) is 0. The van der Waals surface area contributed by atoms with Crippen LogP contribution in [-0.2, 0) is 0 Å². The molecule has 0 aromatic heterocycles. The maximum absolute atomic E-state index is 4.99. The average molecular weight is 99.2 g/mol. The number of hydrogen-bond acceptors (Lipinski definition) is 1. The van der Waals surface area contributed by atoms with Crippen LogP contribution in [-0.4, -0.2) is 21.3 Å². The van der Waals surface area contributed by atoms with Crippen molar-refractivity contribution in [2.45, 2.75) is 6.55 Å². The van der Waals surface area contributed by atoms with Gasteiger partial charge in [-0.05, 0) is 6.04 Å². The van der Waals surface area contributed by atoms with Crippen molar-refractivity contribution in [1.82, 2.24) is 4.57 Å². The number of nitrogens with zero attached hydrogens (tertiary/aromatic N) is 1. The number of hydrogen-bond donors (Lipinski definition) is 0. The first-order chi connectivity index (χ1) is 2.81. The summed E-state index contributed by atoms with van der Waals surface area (Å²) in [6.45, 7) is 2.15. The summed E-state index contributed by atoms with van der Waals surface area (Å²) in [6.07, 6.45) is 4.99. The summed E-state index contributed by atoms with van der Waals surface area (Å²) in [6, 6.07) is 2.51. The van der Waals surface area contributed by atoms with Gasteiger partial charge >= 0.3 is 0 Å². The Balaban J connectivity index is 3.04. The summed E-state index contributed by atoms with van der Waals surface area (Å²) < 4.78 is 1.92. The molecule has 0 saturated heterocycles. The fourth-order valence-electron chi connectivity index (χ4n) is 0.0913. The first kappa shape index (κ1) is 5.58. The van der Waals surface area contributed by atoms with E-state index in [1.165, 1.54) is 0 Å². The van der Waals surface area contributed by atoms with Crippen molar-refractivity contribution in [2.24, 2.45) is 0 Å². The molecule has 0 radical (unpaired) electrons. The van der Waals surface area contributed by atoms with Crippen molar-refractivity contribution < 1.29 is 0 Å². The van der Waals surface area contributed by atoms with Gasteiger partial charge in [0.05, 0.1) is 0 Å². The van der Waals surface area contributed by atoms with E-state index in [9.17, 15) is 0 Å². The fraction of sp³-hybridized carbons (Fsp3) is 0.500. The highest BCUT2D eigenvalue weighted by Crippen LogP contribution is 1.66. The van der Waals surface area contributed by atoms with Crippen molar-refractivity contribution in [3.8, 4) is 12.5 Å². The van der Waals surface area contributed by atoms with E-state index in [2.05, 4.69) is 12.6 Å². The van der Waals surface area contributed by atoms with Crippen molar-refractivity contribution in [2.75, 3.05) is 7.05 Å². The van der Waals surface area contributed by atoms with Crippen LogP contribution >= 0.6 is 0 Å². The Morgan fingerprint density at radius 3 is 2.33 bits per heavy atom. The smallest absolute Gasteiger partial charge is 0.130 e. The molecule has 0 saturated carbocycles. The van der Waals surface area contributed by atoms with Gasteiger partial charge in [0.25, 0.3) is 0 Å². The van der Waals surface area contributed by atoms with E-state index in [0.717, 1.165) is 0 Å². The first-order valence-electron chi connectivity index (χ1n) is 1.98. The molecule has 6 heavy (non-hydrogen) atoms. The Labute approximate surface area is 41.2 Å². The second-order valence-corrected chi connectivity index (χ2v) is 2.72. The van der Waals surface area contributed by atoms with Crippen LogP contribution in [0, 0.1) is 12.5 Å². The summed E-state index contributed by atoms with van der Waals surface area (Å²) >= 11 is 0. The van der Waals surface area contributed by atoms with E-state index >= 15 is 0 Å². The van der Waals surface area contributed by atoms with Crippen molar-refractivity contribution >= 4 is 9.68 Å². The Kier molecular flexibility index (Phi) is 2.60. The molecule has 0 heterocycles. The number of rotatable bonds is 1. The van der Waals surface area contributed by atoms with Crippen LogP contribution in [0.15, 0.2) is 0 Å². The van der Waals surface area contributed by atoms with Gasteiger partial charge in [-0.2, -0.15) is 0 Å². The summed E-state index contributed by atoms with van der Waals surface area (Å²) in [5.74, 6) is 0. The molecular formula is C4H9NSi. The molecule has 0 rings (SSSR count). The van der Waals surface area contributed by atoms with Crippen LogP contribution in [0.1, 0.15) is 0 Å². The topological polar surface area (TPSA) is 3.24 Å². The van der Waals surface area contributed by atoms with E-state index in [4.69, 9.17) is 6.42 Å². The molecule has 0 bridgehead atoms. The average Bonchev–Trinajstić information content (AvgIpc) is 1.65. The van der Waals surface area contributed by atoms with Gasteiger partial charge in [-0.1, -0.05) is 13.0 Å². The molecule has 0 unspecified atom stereocenters. The van der Waals surface area contributed by atoms with Gasteiger partial charge < -0.3 is 4.57 Å². The lowest BCUT2D eigenvalue weighted by Gasteiger charge is -2.02. The molecule has 1 nitrogen and oxygen atoms in total. The molecule has 0 N–H and O–H groups in total. The maximum atomic E-state index is 4.99. The highest BCUT2D eigenvalue weighted by molar-refractivity contribution is 6.30. The second kappa shape index (κ2) is 2.80. The maximum Gasteiger partial charge on any atom is 0.130 e. The SMILES string of the molecule is C#CN(C)[SiH2]C. The molecule has 0 fully saturated rings. The second-order valence-electron chi connectivity index (χ2n) is 1.14. The minimum absolute atomic E-state index is 0.0644. The summed E-state index contributed by atoms with van der Waals surface area (Å²) in [7, 11) is 1.87. The Morgan fingerprint density at radius 2 is 2.33 bits per heavy atom. The first-order valence-corrected chi connectivity index (χ1v) is 4.03. The molecule has 2 heteroatoms. The third-order valence-electron chi connectivity index (χ3n) is 0.695. The highest BCUT2D eigenvalue weighted by Gasteiger charge is 1.76. The summed E-state index contributed by atoms with van der Waals surface area (Å²) in [5, 5.41) is 0. The standard InChI is InChI=1S/C4H9NSi/c1-4-5(2)6-3/h1H,6H2,2-3H3. The van der Waals surface area contributed by atoms with Gasteiger partial charge in [0, 0.05) is 7.05 Å². The van der Waals surface area contributed by atoms with E-state index in [1.54, 1.807) is 0 Å². The van der Waals surface area contributed by atoms with Crippen LogP contribution in [0.5, 0.6) is 0 Å². The van der Waals surface area contributed by atoms with Crippen LogP contribution in [0.4, 0.5) is 0 Å². The molecule has 0 aliphatic rings. The lowest BCUT2D eigenvalue weighted by atomic mass is 11.1. The zero-order valence-corrected chi connectivity index (χ0v) is 5.65. The molecule has 0 atom stereocenters. The molecule has 0 amide bonds. The van der Waals surface area contributed by atoms with Gasteiger partial charge in [-0.25, -0.2) is 0 Å². The van der Waals surface area contributed by atoms with E-state index in [0.29, 0.717) is 0 Å². The third kappa shape index (κ3) is 1.86. The molecular weight excluding hydrogens is 90.1 g/mol. The Bertz CT molecular complexity index is 64.4. The van der Waals surface area contributed by atoms with Gasteiger partial charge in [0.2, 0.25) is 0 Å². The molecule has 0 aromatic carbocycles. The van der Waals surface area contributed by atoms with E-state index in [-0.39, 0.29) is 9.68 Å². The van der Waals surface area contributed by atoms with Crippen LogP contribution in [0.25, 0.3) is 0 Å². The zero-order valence-electron chi connectivity index (χ0n) is 4.23. The van der Waals surface area contributed by atoms with Crippen molar-refractivity contribution in [3.63, 3.8) is 0 Å². The lowest BCUT2D eigenvalue weighted by Crippen LogP contribution is -2.12. The largest absolute Gasteiger partial charge is 0.368 e. The number of terminal acetylenes is 1. The highest BCUT2D eigenvalue weighted by atomic mass is 28.2. The lowest BCUT2D eigenvalue weighted by molar-refractivity contribution is 0.777. The van der Waals surface area contributed by atoms with Crippen LogP contribution in [0.2, 0.25) is 6.55 Å². The molecule has 34 valence electrons. The van der Waals surface area contributed by atoms with Crippen molar-refractivity contribution in [1.29, 1.82) is 0 Å². The predicted octanol–water partition coefficient (Wildman–Crippen LogP) is -0.359. The van der Waals surface area contributed by atoms with Crippen molar-refractivity contribution in [3.05, 3.63) is 0 Å². The van der Waals surface area contributed by atoms with Gasteiger partial charge in [0.1, 0.15) is 9.68 Å². The molecule has 0 aromatic rings.